The zero-order valence-electron chi connectivity index (χ0n) is 19.7. The molecular formula is C32H36. The molecule has 32 heavy (non-hydrogen) atoms. The predicted octanol–water partition coefficient (Wildman–Crippen LogP) is 8.22. The van der Waals surface area contributed by atoms with Gasteiger partial charge in [-0.15, -0.1) is 0 Å². The largest absolute Gasteiger partial charge is 0.0726 e. The van der Waals surface area contributed by atoms with Crippen molar-refractivity contribution < 1.29 is 0 Å². The Morgan fingerprint density at radius 3 is 2.47 bits per heavy atom. The summed E-state index contributed by atoms with van der Waals surface area (Å²) in [5, 5.41) is 0. The third-order valence-electron chi connectivity index (χ3n) is 7.43. The number of aryl methyl sites for hydroxylation is 3. The molecular weight excluding hydrogens is 384 g/mol. The average molecular weight is 421 g/mol. The minimum atomic E-state index is 0.412. The maximum Gasteiger partial charge on any atom is 0.0281 e. The van der Waals surface area contributed by atoms with Crippen molar-refractivity contribution >= 4 is 5.57 Å². The third kappa shape index (κ3) is 4.60. The van der Waals surface area contributed by atoms with Crippen LogP contribution in [0.5, 0.6) is 0 Å². The first-order valence-corrected chi connectivity index (χ1v) is 12.7. The van der Waals surface area contributed by atoms with Gasteiger partial charge < -0.3 is 0 Å². The van der Waals surface area contributed by atoms with Crippen LogP contribution in [-0.2, 0) is 25.7 Å². The Kier molecular flexibility index (Phi) is 6.30. The minimum Gasteiger partial charge on any atom is -0.0726 e. The van der Waals surface area contributed by atoms with Gasteiger partial charge in [0.05, 0.1) is 0 Å². The summed E-state index contributed by atoms with van der Waals surface area (Å²) in [5.74, 6) is 1.23. The van der Waals surface area contributed by atoms with Crippen LogP contribution < -0.4 is 0 Å². The molecule has 0 amide bonds. The second-order valence-corrected chi connectivity index (χ2v) is 10.3. The number of unbranched alkanes of at least 4 members (excludes halogenated alkanes) is 1. The van der Waals surface area contributed by atoms with Crippen LogP contribution in [0.1, 0.15) is 67.3 Å². The summed E-state index contributed by atoms with van der Waals surface area (Å²) in [6.07, 6.45) is 21.7. The fourth-order valence-electron chi connectivity index (χ4n) is 5.56. The van der Waals surface area contributed by atoms with E-state index in [1.165, 1.54) is 78.4 Å². The maximum atomic E-state index is 2.46. The van der Waals surface area contributed by atoms with E-state index in [-0.39, 0.29) is 0 Å². The molecule has 0 nitrogen and oxygen atoms in total. The molecule has 3 aliphatic rings. The first-order valence-electron chi connectivity index (χ1n) is 12.7. The number of hydrogen-bond donors (Lipinski definition) is 0. The van der Waals surface area contributed by atoms with Gasteiger partial charge in [-0.25, -0.2) is 0 Å². The van der Waals surface area contributed by atoms with E-state index in [9.17, 15) is 0 Å². The highest BCUT2D eigenvalue weighted by atomic mass is 14.3. The third-order valence-corrected chi connectivity index (χ3v) is 7.43. The molecule has 0 fully saturated rings. The highest BCUT2D eigenvalue weighted by Crippen LogP contribution is 2.42. The van der Waals surface area contributed by atoms with Crippen LogP contribution in [0.3, 0.4) is 0 Å². The first-order chi connectivity index (χ1) is 15.7. The lowest BCUT2D eigenvalue weighted by atomic mass is 9.79. The molecule has 0 spiro atoms. The van der Waals surface area contributed by atoms with Crippen LogP contribution in [0.25, 0.3) is 5.57 Å². The molecule has 5 rings (SSSR count). The van der Waals surface area contributed by atoms with Gasteiger partial charge >= 0.3 is 0 Å². The van der Waals surface area contributed by atoms with Crippen molar-refractivity contribution in [2.45, 2.75) is 65.2 Å². The Bertz CT molecular complexity index is 1090. The molecule has 0 bridgehead atoms. The molecule has 3 aliphatic carbocycles. The summed E-state index contributed by atoms with van der Waals surface area (Å²) in [4.78, 5) is 0. The Labute approximate surface area is 194 Å². The number of allylic oxidation sites excluding steroid dienone is 8. The summed E-state index contributed by atoms with van der Waals surface area (Å²) in [7, 11) is 0. The van der Waals surface area contributed by atoms with Crippen LogP contribution in [0, 0.1) is 11.8 Å². The van der Waals surface area contributed by atoms with Crippen molar-refractivity contribution in [1.29, 1.82) is 0 Å². The molecule has 0 saturated heterocycles. The van der Waals surface area contributed by atoms with Crippen LogP contribution in [0.2, 0.25) is 0 Å². The van der Waals surface area contributed by atoms with Gasteiger partial charge in [0, 0.05) is 5.92 Å². The molecule has 2 aromatic rings. The fraction of sp³-hybridized carbons (Fsp3) is 0.375. The average Bonchev–Trinajstić information content (AvgIpc) is 3.47. The van der Waals surface area contributed by atoms with Crippen molar-refractivity contribution in [2.75, 3.05) is 0 Å². The van der Waals surface area contributed by atoms with E-state index in [2.05, 4.69) is 86.7 Å². The smallest absolute Gasteiger partial charge is 0.0281 e. The molecule has 1 atom stereocenters. The van der Waals surface area contributed by atoms with Gasteiger partial charge in [-0.3, -0.25) is 0 Å². The molecule has 0 N–H and O–H groups in total. The number of rotatable bonds is 8. The quantitative estimate of drug-likeness (QED) is 0.377. The zero-order chi connectivity index (χ0) is 21.9. The van der Waals surface area contributed by atoms with Crippen LogP contribution in [0.4, 0.5) is 0 Å². The second-order valence-electron chi connectivity index (χ2n) is 10.3. The van der Waals surface area contributed by atoms with Crippen molar-refractivity contribution in [3.8, 4) is 0 Å². The minimum absolute atomic E-state index is 0.412. The van der Waals surface area contributed by atoms with Crippen molar-refractivity contribution in [3.63, 3.8) is 0 Å². The van der Waals surface area contributed by atoms with Gasteiger partial charge in [0.2, 0.25) is 0 Å². The van der Waals surface area contributed by atoms with Gasteiger partial charge in [0.15, 0.2) is 0 Å². The highest BCUT2D eigenvalue weighted by Gasteiger charge is 2.26. The molecule has 2 aromatic carbocycles. The standard InChI is InChI=1S/C32H36/c1-23(2)7-3-4-8-24-13-15-25(16-14-24)21-28-19-20-31(32-12-6-11-30(28)32)29-18-17-26-9-5-10-27(26)22-29/h6,11-20,22-23,32H,3-5,7-10,21H2,1-2H3. The number of fused-ring (bicyclic) bond motifs is 2. The maximum absolute atomic E-state index is 2.46. The topological polar surface area (TPSA) is 0 Å². The summed E-state index contributed by atoms with van der Waals surface area (Å²) >= 11 is 0. The van der Waals surface area contributed by atoms with Gasteiger partial charge in [-0.2, -0.15) is 0 Å². The predicted molar refractivity (Wildman–Crippen MR) is 138 cm³/mol. The normalized spacial score (nSPS) is 19.0. The molecule has 1 unspecified atom stereocenters. The fourth-order valence-corrected chi connectivity index (χ4v) is 5.56. The lowest BCUT2D eigenvalue weighted by Crippen LogP contribution is -2.10. The van der Waals surface area contributed by atoms with E-state index in [1.807, 2.05) is 0 Å². The zero-order valence-corrected chi connectivity index (χ0v) is 19.7. The molecule has 0 aromatic heterocycles. The summed E-state index contributed by atoms with van der Waals surface area (Å²) in [5.41, 5.74) is 11.8. The second kappa shape index (κ2) is 9.49. The van der Waals surface area contributed by atoms with Gasteiger partial charge in [-0.05, 0) is 89.0 Å². The monoisotopic (exact) mass is 420 g/mol. The summed E-state index contributed by atoms with van der Waals surface area (Å²) < 4.78 is 0. The molecule has 0 radical (unpaired) electrons. The SMILES string of the molecule is CC(C)CCCCc1ccc(CC2=CC=C(c3ccc4c(c3)CCC4)C3C=CC=C23)cc1. The Morgan fingerprint density at radius 2 is 1.62 bits per heavy atom. The van der Waals surface area contributed by atoms with Gasteiger partial charge in [0.25, 0.3) is 0 Å². The Hall–Kier alpha value is -2.60. The van der Waals surface area contributed by atoms with Gasteiger partial charge in [-0.1, -0.05) is 99.5 Å². The first kappa shape index (κ1) is 21.3. The number of benzene rings is 2. The van der Waals surface area contributed by atoms with E-state index < -0.39 is 0 Å². The van der Waals surface area contributed by atoms with Gasteiger partial charge in [0.1, 0.15) is 0 Å². The van der Waals surface area contributed by atoms with E-state index in [1.54, 1.807) is 11.1 Å². The van der Waals surface area contributed by atoms with E-state index in [0.29, 0.717) is 5.92 Å². The lowest BCUT2D eigenvalue weighted by molar-refractivity contribution is 0.538. The van der Waals surface area contributed by atoms with Crippen LogP contribution >= 0.6 is 0 Å². The van der Waals surface area contributed by atoms with Crippen molar-refractivity contribution in [1.82, 2.24) is 0 Å². The Balaban J connectivity index is 1.28. The van der Waals surface area contributed by atoms with E-state index in [0.717, 1.165) is 12.3 Å². The summed E-state index contributed by atoms with van der Waals surface area (Å²) in [6.45, 7) is 4.64. The molecule has 0 heteroatoms. The number of hydrogen-bond acceptors (Lipinski definition) is 0. The molecule has 164 valence electrons. The van der Waals surface area contributed by atoms with Crippen molar-refractivity contribution in [3.05, 3.63) is 112 Å². The molecule has 0 saturated carbocycles. The van der Waals surface area contributed by atoms with E-state index >= 15 is 0 Å². The Morgan fingerprint density at radius 1 is 0.812 bits per heavy atom. The summed E-state index contributed by atoms with van der Waals surface area (Å²) in [6, 6.07) is 16.5. The lowest BCUT2D eigenvalue weighted by Gasteiger charge is -2.25. The van der Waals surface area contributed by atoms with Crippen LogP contribution in [0.15, 0.2) is 84.0 Å². The van der Waals surface area contributed by atoms with Crippen LogP contribution in [-0.4, -0.2) is 0 Å². The van der Waals surface area contributed by atoms with Crippen molar-refractivity contribution in [2.24, 2.45) is 11.8 Å². The molecule has 0 aliphatic heterocycles. The highest BCUT2D eigenvalue weighted by molar-refractivity contribution is 5.79. The molecule has 0 heterocycles. The van der Waals surface area contributed by atoms with E-state index in [4.69, 9.17) is 0 Å².